The van der Waals surface area contributed by atoms with Crippen LogP contribution in [0.3, 0.4) is 0 Å². The average Bonchev–Trinajstić information content (AvgIpc) is 3.10. The summed E-state index contributed by atoms with van der Waals surface area (Å²) in [6.45, 7) is 0. The van der Waals surface area contributed by atoms with Gasteiger partial charge in [0.15, 0.2) is 16.5 Å². The van der Waals surface area contributed by atoms with Crippen LogP contribution in [0.15, 0.2) is 70.7 Å². The van der Waals surface area contributed by atoms with Crippen molar-refractivity contribution in [3.8, 4) is 22.6 Å². The molecular formula is C21H17IN2O4S. The third kappa shape index (κ3) is 3.46. The zero-order valence-electron chi connectivity index (χ0n) is 15.6. The number of nitrogens with zero attached hydrogens (tertiary/aromatic N) is 1. The molecule has 29 heavy (non-hydrogen) atoms. The lowest BCUT2D eigenvalue weighted by Gasteiger charge is -2.09. The Bertz CT molecular complexity index is 1300. The smallest absolute Gasteiger partial charge is 0.222 e. The number of methoxy groups -OCH3 is 2. The SMILES string of the molecule is COc1ccc(-c2cnc3[nH]c(S(=O)(=O)c4ccccc4)c(I)c3c2)cc1OC. The topological polar surface area (TPSA) is 81.3 Å². The van der Waals surface area contributed by atoms with Crippen molar-refractivity contribution < 1.29 is 17.9 Å². The highest BCUT2D eigenvalue weighted by atomic mass is 127. The molecule has 4 rings (SSSR count). The maximum atomic E-state index is 13.0. The predicted molar refractivity (Wildman–Crippen MR) is 119 cm³/mol. The summed E-state index contributed by atoms with van der Waals surface area (Å²) in [7, 11) is -0.501. The number of hydrogen-bond donors (Lipinski definition) is 1. The Morgan fingerprint density at radius 2 is 1.66 bits per heavy atom. The lowest BCUT2D eigenvalue weighted by atomic mass is 10.1. The number of benzene rings is 2. The van der Waals surface area contributed by atoms with Gasteiger partial charge in [-0.2, -0.15) is 0 Å². The van der Waals surface area contributed by atoms with Crippen molar-refractivity contribution in [1.29, 1.82) is 0 Å². The van der Waals surface area contributed by atoms with Crippen molar-refractivity contribution >= 4 is 43.5 Å². The molecule has 0 spiro atoms. The van der Waals surface area contributed by atoms with Gasteiger partial charge in [-0.05, 0) is 58.5 Å². The van der Waals surface area contributed by atoms with Gasteiger partial charge in [0.25, 0.3) is 0 Å². The van der Waals surface area contributed by atoms with E-state index in [9.17, 15) is 8.42 Å². The maximum Gasteiger partial charge on any atom is 0.222 e. The molecule has 0 aliphatic carbocycles. The molecule has 1 N–H and O–H groups in total. The molecule has 0 saturated heterocycles. The second kappa shape index (κ2) is 7.68. The van der Waals surface area contributed by atoms with Crippen LogP contribution in [0.1, 0.15) is 0 Å². The zero-order valence-corrected chi connectivity index (χ0v) is 18.6. The van der Waals surface area contributed by atoms with Gasteiger partial charge in [0.2, 0.25) is 9.84 Å². The summed E-state index contributed by atoms with van der Waals surface area (Å²) in [6.07, 6.45) is 1.70. The van der Waals surface area contributed by atoms with E-state index in [1.54, 1.807) is 50.7 Å². The van der Waals surface area contributed by atoms with E-state index >= 15 is 0 Å². The first-order valence-electron chi connectivity index (χ1n) is 8.65. The molecule has 2 heterocycles. The molecule has 4 aromatic rings. The van der Waals surface area contributed by atoms with Gasteiger partial charge in [-0.15, -0.1) is 0 Å². The minimum Gasteiger partial charge on any atom is -0.493 e. The van der Waals surface area contributed by atoms with Crippen LogP contribution >= 0.6 is 22.6 Å². The van der Waals surface area contributed by atoms with Gasteiger partial charge in [-0.1, -0.05) is 24.3 Å². The standard InChI is InChI=1S/C21H17IN2O4S/c1-27-17-9-8-13(11-18(17)28-2)14-10-16-19(22)21(24-20(16)23-12-14)29(25,26)15-6-4-3-5-7-15/h3-12H,1-2H3,(H,23,24). The summed E-state index contributed by atoms with van der Waals surface area (Å²) in [6, 6.07) is 15.9. The number of aromatic amines is 1. The van der Waals surface area contributed by atoms with Gasteiger partial charge >= 0.3 is 0 Å². The number of nitrogens with one attached hydrogen (secondary N) is 1. The van der Waals surface area contributed by atoms with Gasteiger partial charge in [0.1, 0.15) is 5.65 Å². The van der Waals surface area contributed by atoms with Crippen LogP contribution in [0.2, 0.25) is 0 Å². The Labute approximate surface area is 182 Å². The van der Waals surface area contributed by atoms with Crippen molar-refractivity contribution in [2.24, 2.45) is 0 Å². The maximum absolute atomic E-state index is 13.0. The molecule has 0 amide bonds. The fourth-order valence-corrected chi connectivity index (χ4v) is 5.84. The minimum absolute atomic E-state index is 0.149. The van der Waals surface area contributed by atoms with Crippen molar-refractivity contribution in [1.82, 2.24) is 9.97 Å². The van der Waals surface area contributed by atoms with Crippen LogP contribution in [0.4, 0.5) is 0 Å². The molecule has 0 atom stereocenters. The molecular weight excluding hydrogens is 503 g/mol. The van der Waals surface area contributed by atoms with Crippen LogP contribution in [0, 0.1) is 3.57 Å². The molecule has 2 aromatic heterocycles. The van der Waals surface area contributed by atoms with E-state index in [4.69, 9.17) is 9.47 Å². The highest BCUT2D eigenvalue weighted by Gasteiger charge is 2.25. The number of H-pyrrole nitrogens is 1. The third-order valence-electron chi connectivity index (χ3n) is 4.59. The molecule has 0 aliphatic heterocycles. The first-order chi connectivity index (χ1) is 14.0. The number of halogens is 1. The summed E-state index contributed by atoms with van der Waals surface area (Å²) in [5, 5.41) is 0.892. The van der Waals surface area contributed by atoms with E-state index in [1.807, 2.05) is 24.3 Å². The number of aromatic nitrogens is 2. The zero-order chi connectivity index (χ0) is 20.6. The second-order valence-electron chi connectivity index (χ2n) is 6.27. The van der Waals surface area contributed by atoms with Crippen LogP contribution < -0.4 is 9.47 Å². The van der Waals surface area contributed by atoms with Gasteiger partial charge in [-0.25, -0.2) is 13.4 Å². The Morgan fingerprint density at radius 1 is 0.931 bits per heavy atom. The first kappa shape index (κ1) is 19.7. The molecule has 148 valence electrons. The van der Waals surface area contributed by atoms with Gasteiger partial charge in [0, 0.05) is 17.1 Å². The number of fused-ring (bicyclic) bond motifs is 1. The number of rotatable bonds is 5. The average molecular weight is 520 g/mol. The van der Waals surface area contributed by atoms with E-state index in [-0.39, 0.29) is 9.92 Å². The third-order valence-corrected chi connectivity index (χ3v) is 7.82. The predicted octanol–water partition coefficient (Wildman–Crippen LogP) is 4.68. The fraction of sp³-hybridized carbons (Fsp3) is 0.0952. The van der Waals surface area contributed by atoms with Crippen molar-refractivity contribution in [3.05, 3.63) is 64.4 Å². The van der Waals surface area contributed by atoms with E-state index in [1.165, 1.54) is 0 Å². The quantitative estimate of drug-likeness (QED) is 0.387. The van der Waals surface area contributed by atoms with E-state index in [0.717, 1.165) is 16.5 Å². The molecule has 6 nitrogen and oxygen atoms in total. The lowest BCUT2D eigenvalue weighted by Crippen LogP contribution is -2.03. The number of pyridine rings is 1. The molecule has 0 radical (unpaired) electrons. The molecule has 8 heteroatoms. The highest BCUT2D eigenvalue weighted by molar-refractivity contribution is 14.1. The van der Waals surface area contributed by atoms with Crippen molar-refractivity contribution in [2.45, 2.75) is 9.92 Å². The highest BCUT2D eigenvalue weighted by Crippen LogP contribution is 2.35. The molecule has 0 unspecified atom stereocenters. The first-order valence-corrected chi connectivity index (χ1v) is 11.2. The van der Waals surface area contributed by atoms with Crippen LogP contribution in [0.25, 0.3) is 22.2 Å². The Hall–Kier alpha value is -2.59. The summed E-state index contributed by atoms with van der Waals surface area (Å²) >= 11 is 2.05. The van der Waals surface area contributed by atoms with Crippen molar-refractivity contribution in [2.75, 3.05) is 14.2 Å². The summed E-state index contributed by atoms with van der Waals surface area (Å²) < 4.78 is 37.3. The molecule has 0 aliphatic rings. The van der Waals surface area contributed by atoms with E-state index < -0.39 is 9.84 Å². The lowest BCUT2D eigenvalue weighted by molar-refractivity contribution is 0.355. The van der Waals surface area contributed by atoms with E-state index in [0.29, 0.717) is 20.7 Å². The monoisotopic (exact) mass is 520 g/mol. The normalized spacial score (nSPS) is 11.6. The summed E-state index contributed by atoms with van der Waals surface area (Å²) in [4.78, 5) is 7.66. The van der Waals surface area contributed by atoms with Gasteiger partial charge in [0.05, 0.1) is 22.7 Å². The Kier molecular flexibility index (Phi) is 5.22. The fourth-order valence-electron chi connectivity index (χ4n) is 3.09. The number of sulfone groups is 1. The molecule has 0 fully saturated rings. The van der Waals surface area contributed by atoms with Gasteiger partial charge in [-0.3, -0.25) is 0 Å². The Morgan fingerprint density at radius 3 is 2.34 bits per heavy atom. The number of hydrogen-bond acceptors (Lipinski definition) is 5. The van der Waals surface area contributed by atoms with Crippen LogP contribution in [0.5, 0.6) is 11.5 Å². The summed E-state index contributed by atoms with van der Waals surface area (Å²) in [5.41, 5.74) is 2.26. The van der Waals surface area contributed by atoms with Crippen LogP contribution in [-0.2, 0) is 9.84 Å². The van der Waals surface area contributed by atoms with Crippen molar-refractivity contribution in [3.63, 3.8) is 0 Å². The second-order valence-corrected chi connectivity index (χ2v) is 9.24. The molecule has 2 aromatic carbocycles. The van der Waals surface area contributed by atoms with Crippen LogP contribution in [-0.4, -0.2) is 32.6 Å². The number of ether oxygens (including phenoxy) is 2. The molecule has 0 bridgehead atoms. The van der Waals surface area contributed by atoms with E-state index in [2.05, 4.69) is 32.6 Å². The minimum atomic E-state index is -3.67. The Balaban J connectivity index is 1.83. The molecule has 0 saturated carbocycles. The largest absolute Gasteiger partial charge is 0.493 e. The summed E-state index contributed by atoms with van der Waals surface area (Å²) in [5.74, 6) is 1.25. The van der Waals surface area contributed by atoms with Gasteiger partial charge < -0.3 is 14.5 Å².